The molecule has 1 fully saturated rings. The number of amides is 2. The Kier molecular flexibility index (Phi) is 10.2. The third-order valence-corrected chi connectivity index (χ3v) is 9.40. The van der Waals surface area contributed by atoms with Gasteiger partial charge in [-0.1, -0.05) is 92.0 Å². The quantitative estimate of drug-likeness (QED) is 0.308. The highest BCUT2D eigenvalue weighted by Gasteiger charge is 2.34. The Labute approximate surface area is 242 Å². The van der Waals surface area contributed by atoms with Crippen LogP contribution >= 0.6 is 11.6 Å². The lowest BCUT2D eigenvalue weighted by molar-refractivity contribution is -0.139. The number of benzene rings is 3. The van der Waals surface area contributed by atoms with E-state index < -0.39 is 28.5 Å². The first-order valence-corrected chi connectivity index (χ1v) is 15.6. The van der Waals surface area contributed by atoms with Gasteiger partial charge in [0.25, 0.3) is 10.0 Å². The molecule has 0 aliphatic heterocycles. The van der Waals surface area contributed by atoms with Crippen molar-refractivity contribution in [2.75, 3.05) is 17.4 Å². The van der Waals surface area contributed by atoms with Crippen molar-refractivity contribution in [1.29, 1.82) is 0 Å². The van der Waals surface area contributed by atoms with Crippen LogP contribution in [0.5, 0.6) is 0 Å². The number of nitrogens with zero attached hydrogens (tertiary/aromatic N) is 2. The van der Waals surface area contributed by atoms with E-state index in [1.807, 2.05) is 37.3 Å². The summed E-state index contributed by atoms with van der Waals surface area (Å²) in [4.78, 5) is 29.1. The molecule has 212 valence electrons. The second-order valence-electron chi connectivity index (χ2n) is 10.0. The zero-order valence-electron chi connectivity index (χ0n) is 22.7. The molecule has 0 saturated heterocycles. The molecule has 4 rings (SSSR count). The maximum absolute atomic E-state index is 14.1. The molecule has 0 heterocycles. The lowest BCUT2D eigenvalue weighted by atomic mass is 10.1. The molecule has 40 heavy (non-hydrogen) atoms. The summed E-state index contributed by atoms with van der Waals surface area (Å²) in [6.45, 7) is 1.64. The number of para-hydroxylation sites is 1. The van der Waals surface area contributed by atoms with Crippen molar-refractivity contribution in [2.24, 2.45) is 0 Å². The molecule has 1 aliphatic rings. The average molecular weight is 582 g/mol. The Bertz CT molecular complexity index is 1380. The lowest BCUT2D eigenvalue weighted by Crippen LogP contribution is -2.54. The summed E-state index contributed by atoms with van der Waals surface area (Å²) >= 11 is 6.46. The van der Waals surface area contributed by atoms with Crippen LogP contribution in [0.15, 0.2) is 89.8 Å². The second kappa shape index (κ2) is 13.8. The summed E-state index contributed by atoms with van der Waals surface area (Å²) in [6.07, 6.45) is 4.92. The van der Waals surface area contributed by atoms with Crippen LogP contribution in [-0.4, -0.2) is 50.3 Å². The molecule has 3 aromatic carbocycles. The highest BCUT2D eigenvalue weighted by Crippen LogP contribution is 2.30. The maximum Gasteiger partial charge on any atom is 0.264 e. The van der Waals surface area contributed by atoms with Gasteiger partial charge in [0.2, 0.25) is 11.8 Å². The normalized spacial score (nSPS) is 14.4. The zero-order valence-corrected chi connectivity index (χ0v) is 24.3. The minimum Gasteiger partial charge on any atom is -0.352 e. The van der Waals surface area contributed by atoms with Crippen molar-refractivity contribution in [2.45, 2.75) is 62.4 Å². The SMILES string of the molecule is CC[C@@H](C(=O)NC1CCCC1)N(CCc1ccccc1)C(=O)CN(c1ccccc1Cl)S(=O)(=O)c1ccccc1. The third kappa shape index (κ3) is 7.23. The van der Waals surface area contributed by atoms with Gasteiger partial charge >= 0.3 is 0 Å². The van der Waals surface area contributed by atoms with Gasteiger partial charge in [0, 0.05) is 12.6 Å². The van der Waals surface area contributed by atoms with Gasteiger partial charge in [0.1, 0.15) is 12.6 Å². The van der Waals surface area contributed by atoms with Gasteiger partial charge in [0.05, 0.1) is 15.6 Å². The number of carbonyl (C=O) groups excluding carboxylic acids is 2. The summed E-state index contributed by atoms with van der Waals surface area (Å²) in [5, 5.41) is 3.33. The van der Waals surface area contributed by atoms with Crippen molar-refractivity contribution in [3.05, 3.63) is 95.5 Å². The van der Waals surface area contributed by atoms with Crippen molar-refractivity contribution < 1.29 is 18.0 Å². The standard InChI is InChI=1S/C31H36ClN3O4S/c1-2-28(31(37)33-25-15-9-10-16-25)34(22-21-24-13-5-3-6-14-24)30(36)23-35(29-20-12-11-19-27(29)32)40(38,39)26-17-7-4-8-18-26/h3-8,11-14,17-20,25,28H,2,9-10,15-16,21-23H2,1H3,(H,33,37)/t28-/m0/s1. The van der Waals surface area contributed by atoms with E-state index in [9.17, 15) is 18.0 Å². The predicted molar refractivity (Wildman–Crippen MR) is 159 cm³/mol. The van der Waals surface area contributed by atoms with Crippen LogP contribution in [0.2, 0.25) is 5.02 Å². The van der Waals surface area contributed by atoms with E-state index in [-0.39, 0.29) is 34.1 Å². The van der Waals surface area contributed by atoms with E-state index in [0.717, 1.165) is 35.6 Å². The van der Waals surface area contributed by atoms with Crippen LogP contribution in [0.3, 0.4) is 0 Å². The Balaban J connectivity index is 1.67. The monoisotopic (exact) mass is 581 g/mol. The number of nitrogens with one attached hydrogen (secondary N) is 1. The summed E-state index contributed by atoms with van der Waals surface area (Å²) < 4.78 is 28.7. The molecule has 0 unspecified atom stereocenters. The minimum absolute atomic E-state index is 0.0459. The van der Waals surface area contributed by atoms with E-state index >= 15 is 0 Å². The summed E-state index contributed by atoms with van der Waals surface area (Å²) in [6, 6.07) is 23.6. The van der Waals surface area contributed by atoms with Crippen LogP contribution in [0.1, 0.15) is 44.6 Å². The maximum atomic E-state index is 14.1. The molecule has 3 aromatic rings. The molecule has 1 aliphatic carbocycles. The topological polar surface area (TPSA) is 86.8 Å². The number of hydrogen-bond acceptors (Lipinski definition) is 4. The number of rotatable bonds is 12. The van der Waals surface area contributed by atoms with Gasteiger partial charge in [-0.05, 0) is 55.5 Å². The number of halogens is 1. The van der Waals surface area contributed by atoms with E-state index in [0.29, 0.717) is 12.8 Å². The molecule has 0 spiro atoms. The van der Waals surface area contributed by atoms with Crippen LogP contribution in [0.25, 0.3) is 0 Å². The highest BCUT2D eigenvalue weighted by molar-refractivity contribution is 7.92. The van der Waals surface area contributed by atoms with Crippen molar-refractivity contribution in [1.82, 2.24) is 10.2 Å². The Morgan fingerprint density at radius 1 is 0.925 bits per heavy atom. The van der Waals surface area contributed by atoms with E-state index in [1.165, 1.54) is 17.0 Å². The Hall–Kier alpha value is -3.36. The number of anilines is 1. The molecule has 1 atom stereocenters. The van der Waals surface area contributed by atoms with Gasteiger partial charge in [-0.3, -0.25) is 13.9 Å². The molecule has 1 N–H and O–H groups in total. The van der Waals surface area contributed by atoms with Crippen molar-refractivity contribution in [3.63, 3.8) is 0 Å². The van der Waals surface area contributed by atoms with Gasteiger partial charge in [-0.2, -0.15) is 0 Å². The van der Waals surface area contributed by atoms with Crippen molar-refractivity contribution >= 4 is 39.1 Å². The van der Waals surface area contributed by atoms with Crippen LogP contribution in [0, 0.1) is 0 Å². The van der Waals surface area contributed by atoms with E-state index in [1.54, 1.807) is 42.5 Å². The molecular weight excluding hydrogens is 546 g/mol. The summed E-state index contributed by atoms with van der Waals surface area (Å²) in [5.74, 6) is -0.671. The molecule has 1 saturated carbocycles. The Morgan fingerprint density at radius 2 is 1.52 bits per heavy atom. The number of sulfonamides is 1. The first-order valence-electron chi connectivity index (χ1n) is 13.8. The third-order valence-electron chi connectivity index (χ3n) is 7.30. The molecule has 0 bridgehead atoms. The lowest BCUT2D eigenvalue weighted by Gasteiger charge is -2.34. The van der Waals surface area contributed by atoms with Crippen LogP contribution in [0.4, 0.5) is 5.69 Å². The molecule has 0 radical (unpaired) electrons. The molecule has 0 aromatic heterocycles. The minimum atomic E-state index is -4.14. The largest absolute Gasteiger partial charge is 0.352 e. The fourth-order valence-corrected chi connectivity index (χ4v) is 6.89. The van der Waals surface area contributed by atoms with Crippen molar-refractivity contribution in [3.8, 4) is 0 Å². The molecule has 7 nitrogen and oxygen atoms in total. The fourth-order valence-electron chi connectivity index (χ4n) is 5.15. The predicted octanol–water partition coefficient (Wildman–Crippen LogP) is 5.44. The molecule has 9 heteroatoms. The zero-order chi connectivity index (χ0) is 28.5. The van der Waals surface area contributed by atoms with Crippen LogP contribution in [-0.2, 0) is 26.0 Å². The smallest absolute Gasteiger partial charge is 0.264 e. The summed E-state index contributed by atoms with van der Waals surface area (Å²) in [7, 11) is -4.14. The van der Waals surface area contributed by atoms with Crippen LogP contribution < -0.4 is 9.62 Å². The second-order valence-corrected chi connectivity index (χ2v) is 12.3. The Morgan fingerprint density at radius 3 is 2.15 bits per heavy atom. The fraction of sp³-hybridized carbons (Fsp3) is 0.355. The summed E-state index contributed by atoms with van der Waals surface area (Å²) in [5.41, 5.74) is 1.22. The van der Waals surface area contributed by atoms with E-state index in [4.69, 9.17) is 11.6 Å². The molecular formula is C31H36ClN3O4S. The van der Waals surface area contributed by atoms with E-state index in [2.05, 4.69) is 5.32 Å². The first kappa shape index (κ1) is 29.6. The van der Waals surface area contributed by atoms with Gasteiger partial charge in [-0.25, -0.2) is 8.42 Å². The number of carbonyl (C=O) groups is 2. The van der Waals surface area contributed by atoms with Gasteiger partial charge < -0.3 is 10.2 Å². The van der Waals surface area contributed by atoms with Gasteiger partial charge in [-0.15, -0.1) is 0 Å². The highest BCUT2D eigenvalue weighted by atomic mass is 35.5. The van der Waals surface area contributed by atoms with Gasteiger partial charge in [0.15, 0.2) is 0 Å². The molecule has 2 amide bonds. The number of hydrogen-bond donors (Lipinski definition) is 1. The average Bonchev–Trinajstić information content (AvgIpc) is 3.48. The first-order chi connectivity index (χ1) is 19.3.